The minimum absolute atomic E-state index is 0.0197. The molecule has 1 aliphatic heterocycles. The molecule has 8 heteroatoms. The Balaban J connectivity index is 1.06. The Morgan fingerprint density at radius 1 is 0.918 bits per heavy atom. The lowest BCUT2D eigenvalue weighted by Crippen LogP contribution is -2.69. The number of hydrogen-bond acceptors (Lipinski definition) is 8. The van der Waals surface area contributed by atoms with E-state index >= 15 is 0 Å². The average Bonchev–Trinajstić information content (AvgIpc) is 3.46. The molecule has 4 saturated carbocycles. The molecular weight excluding hydrogens is 761 g/mol. The van der Waals surface area contributed by atoms with E-state index in [9.17, 15) is 24.9 Å². The van der Waals surface area contributed by atoms with Gasteiger partial charge in [0, 0.05) is 41.4 Å². The Kier molecular flexibility index (Phi) is 11.4. The van der Waals surface area contributed by atoms with Gasteiger partial charge in [-0.2, -0.15) is 0 Å². The molecule has 5 fully saturated rings. The van der Waals surface area contributed by atoms with Crippen LogP contribution in [0.3, 0.4) is 0 Å². The number of aliphatic hydroxyl groups is 2. The Bertz CT molecular complexity index is 2070. The van der Waals surface area contributed by atoms with Crippen molar-refractivity contribution in [2.24, 2.45) is 51.2 Å². The summed E-state index contributed by atoms with van der Waals surface area (Å²) in [5.74, 6) is 1.58. The molecule has 8 rings (SSSR count). The highest BCUT2D eigenvalue weighted by Gasteiger charge is 2.71. The summed E-state index contributed by atoms with van der Waals surface area (Å²) in [5.41, 5.74) is 10.9. The van der Waals surface area contributed by atoms with Gasteiger partial charge in [-0.05, 0) is 158 Å². The molecule has 1 saturated heterocycles. The van der Waals surface area contributed by atoms with Crippen molar-refractivity contribution in [1.29, 1.82) is 0 Å². The molecule has 6 aliphatic rings. The first-order valence-electron chi connectivity index (χ1n) is 23.8. The second-order valence-corrected chi connectivity index (χ2v) is 23.0. The van der Waals surface area contributed by atoms with Gasteiger partial charge in [-0.1, -0.05) is 85.6 Å². The highest BCUT2D eigenvalue weighted by molar-refractivity contribution is 6.00. The largest absolute Gasteiger partial charge is 0.508 e. The molecular formula is C53H76N2O6. The number of epoxide rings is 1. The average molecular weight is 837 g/mol. The Morgan fingerprint density at radius 3 is 2.34 bits per heavy atom. The van der Waals surface area contributed by atoms with E-state index in [-0.39, 0.29) is 69.4 Å². The predicted molar refractivity (Wildman–Crippen MR) is 242 cm³/mol. The molecule has 0 spiro atoms. The third kappa shape index (κ3) is 7.26. The van der Waals surface area contributed by atoms with E-state index < -0.39 is 23.2 Å². The molecule has 0 bridgehead atoms. The second kappa shape index (κ2) is 15.6. The quantitative estimate of drug-likeness (QED) is 0.105. The monoisotopic (exact) mass is 837 g/mol. The van der Waals surface area contributed by atoms with Crippen molar-refractivity contribution in [3.8, 4) is 5.75 Å². The summed E-state index contributed by atoms with van der Waals surface area (Å²) in [5, 5.41) is 36.9. The molecule has 5 aliphatic carbocycles. The maximum Gasteiger partial charge on any atom is 0.159 e. The van der Waals surface area contributed by atoms with Crippen LogP contribution in [-0.4, -0.2) is 63.4 Å². The Morgan fingerprint density at radius 2 is 1.66 bits per heavy atom. The van der Waals surface area contributed by atoms with Crippen LogP contribution >= 0.6 is 0 Å². The van der Waals surface area contributed by atoms with Crippen molar-refractivity contribution in [2.75, 3.05) is 12.3 Å². The number of benzene rings is 2. The van der Waals surface area contributed by atoms with Crippen LogP contribution in [0.4, 0.5) is 5.69 Å². The molecule has 1 heterocycles. The molecule has 0 amide bonds. The van der Waals surface area contributed by atoms with Crippen LogP contribution in [0.25, 0.3) is 0 Å². The van der Waals surface area contributed by atoms with Gasteiger partial charge in [-0.25, -0.2) is 0 Å². The van der Waals surface area contributed by atoms with Gasteiger partial charge in [0.05, 0.1) is 17.8 Å². The van der Waals surface area contributed by atoms with E-state index in [1.165, 1.54) is 16.7 Å². The van der Waals surface area contributed by atoms with Crippen molar-refractivity contribution in [3.63, 3.8) is 0 Å². The number of aromatic hydroxyl groups is 1. The zero-order valence-corrected chi connectivity index (χ0v) is 38.8. The van der Waals surface area contributed by atoms with Gasteiger partial charge in [-0.15, -0.1) is 0 Å². The topological polar surface area (TPSA) is 145 Å². The molecule has 61 heavy (non-hydrogen) atoms. The van der Waals surface area contributed by atoms with Gasteiger partial charge in [0.25, 0.3) is 0 Å². The maximum absolute atomic E-state index is 14.6. The van der Waals surface area contributed by atoms with E-state index in [0.717, 1.165) is 61.8 Å². The first kappa shape index (κ1) is 44.6. The van der Waals surface area contributed by atoms with Gasteiger partial charge >= 0.3 is 0 Å². The summed E-state index contributed by atoms with van der Waals surface area (Å²) in [6, 6.07) is 13.8. The Hall–Kier alpha value is -3.04. The van der Waals surface area contributed by atoms with Crippen molar-refractivity contribution in [2.45, 2.75) is 175 Å². The summed E-state index contributed by atoms with van der Waals surface area (Å²) in [4.78, 5) is 29.2. The zero-order valence-electron chi connectivity index (χ0n) is 38.8. The lowest BCUT2D eigenvalue weighted by Gasteiger charge is -2.70. The number of nitrogen functional groups attached to an aromatic ring is 1. The number of carbonyl (C=O) groups excluding carboxylic acids is 2. The number of ketones is 2. The van der Waals surface area contributed by atoms with E-state index in [1.807, 2.05) is 12.1 Å². The first-order valence-corrected chi connectivity index (χ1v) is 23.8. The van der Waals surface area contributed by atoms with Crippen LogP contribution in [0, 0.1) is 51.2 Å². The lowest BCUT2D eigenvalue weighted by molar-refractivity contribution is -0.193. The van der Waals surface area contributed by atoms with Crippen molar-refractivity contribution >= 4 is 17.3 Å². The molecule has 0 radical (unpaired) electrons. The molecule has 14 unspecified atom stereocenters. The summed E-state index contributed by atoms with van der Waals surface area (Å²) < 4.78 is 6.57. The van der Waals surface area contributed by atoms with Crippen LogP contribution < -0.4 is 11.1 Å². The normalized spacial score (nSPS) is 39.5. The van der Waals surface area contributed by atoms with E-state index in [4.69, 9.17) is 10.5 Å². The maximum atomic E-state index is 14.6. The SMILES string of the molecule is CC(C)Cc1cc(N)cc(C2CCCC2C2(C)OC2C(O)CC(C)C2=C3CCC4C5(C)CC(c6cccc(O)c6)C(=O)C(C)(C)C5C(NCC(C)O)CC4(C)C3(C)CC2=O)c1. The highest BCUT2D eigenvalue weighted by Crippen LogP contribution is 2.75. The molecule has 2 aromatic carbocycles. The minimum atomic E-state index is -0.682. The first-order chi connectivity index (χ1) is 28.5. The zero-order chi connectivity index (χ0) is 44.2. The van der Waals surface area contributed by atoms with Crippen LogP contribution in [-0.2, 0) is 20.7 Å². The summed E-state index contributed by atoms with van der Waals surface area (Å²) >= 11 is 0. The van der Waals surface area contributed by atoms with Crippen molar-refractivity contribution in [3.05, 3.63) is 70.3 Å². The smallest absolute Gasteiger partial charge is 0.159 e. The number of phenolic OH excluding ortho intramolecular Hbond substituents is 1. The molecule has 14 atom stereocenters. The fraction of sp³-hybridized carbons (Fsp3) is 0.698. The molecule has 0 aromatic heterocycles. The fourth-order valence-corrected chi connectivity index (χ4v) is 15.6. The summed E-state index contributed by atoms with van der Waals surface area (Å²) in [6.45, 7) is 22.5. The van der Waals surface area contributed by atoms with Crippen LogP contribution in [0.1, 0.15) is 156 Å². The number of hydrogen-bond donors (Lipinski definition) is 5. The lowest BCUT2D eigenvalue weighted by atomic mass is 9.34. The van der Waals surface area contributed by atoms with Gasteiger partial charge in [0.15, 0.2) is 5.78 Å². The van der Waals surface area contributed by atoms with E-state index in [0.29, 0.717) is 43.6 Å². The van der Waals surface area contributed by atoms with E-state index in [2.05, 4.69) is 85.8 Å². The number of phenols is 1. The summed E-state index contributed by atoms with van der Waals surface area (Å²) in [6.07, 6.45) is 6.96. The summed E-state index contributed by atoms with van der Waals surface area (Å²) in [7, 11) is 0. The highest BCUT2D eigenvalue weighted by atomic mass is 16.6. The standard InChI is InChI=1S/C53H76N2O6/c1-29(2)19-32-21-34(23-35(54)22-32)37-15-12-16-39(37)53(10)48(61-53)42(58)20-30(3)45-40-17-18-44-50(7)25-38(33-13-11-14-36(57)24-33)47(60)49(5,6)46(50)41(55-28-31(4)56)26-52(44,9)51(40,8)27-43(45)59/h11,13-14,21-24,29-31,37-39,41-42,44,46,48,55-58H,12,15-20,25-28,54H2,1-10H3. The van der Waals surface area contributed by atoms with Crippen molar-refractivity contribution < 1.29 is 29.6 Å². The number of fused-ring (bicyclic) bond motifs is 5. The van der Waals surface area contributed by atoms with Gasteiger partial charge in [0.2, 0.25) is 0 Å². The van der Waals surface area contributed by atoms with Crippen LogP contribution in [0.2, 0.25) is 0 Å². The van der Waals surface area contributed by atoms with E-state index in [1.54, 1.807) is 19.1 Å². The number of carbonyl (C=O) groups is 2. The Labute approximate surface area is 365 Å². The van der Waals surface area contributed by atoms with Crippen LogP contribution in [0.15, 0.2) is 53.6 Å². The molecule has 334 valence electrons. The number of nitrogens with two attached hydrogens (primary N) is 1. The second-order valence-electron chi connectivity index (χ2n) is 23.0. The number of allylic oxidation sites excluding steroid dienone is 2. The third-order valence-electron chi connectivity index (χ3n) is 18.1. The fourth-order valence-electron chi connectivity index (χ4n) is 15.6. The minimum Gasteiger partial charge on any atom is -0.508 e. The van der Waals surface area contributed by atoms with Gasteiger partial charge in [0.1, 0.15) is 17.6 Å². The number of anilines is 1. The van der Waals surface area contributed by atoms with Gasteiger partial charge < -0.3 is 31.1 Å². The number of nitrogens with one attached hydrogen (secondary N) is 1. The van der Waals surface area contributed by atoms with Gasteiger partial charge in [-0.3, -0.25) is 9.59 Å². The predicted octanol–water partition coefficient (Wildman–Crippen LogP) is 9.44. The van der Waals surface area contributed by atoms with Crippen LogP contribution in [0.5, 0.6) is 5.75 Å². The molecule has 6 N–H and O–H groups in total. The number of rotatable bonds is 12. The number of Topliss-reactive ketones (excluding diaryl/α,β-unsaturated/α-hetero) is 2. The van der Waals surface area contributed by atoms with Crippen molar-refractivity contribution in [1.82, 2.24) is 5.32 Å². The number of ether oxygens (including phenoxy) is 1. The number of aliphatic hydroxyl groups excluding tert-OH is 2. The molecule has 2 aromatic rings. The third-order valence-corrected chi connectivity index (χ3v) is 18.1. The molecule has 8 nitrogen and oxygen atoms in total.